The fourth-order valence-corrected chi connectivity index (χ4v) is 3.35. The van der Waals surface area contributed by atoms with Crippen LogP contribution in [0.1, 0.15) is 22.0 Å². The maximum Gasteiger partial charge on any atom is 0.253 e. The second-order valence-corrected chi connectivity index (χ2v) is 7.35. The number of benzene rings is 1. The van der Waals surface area contributed by atoms with E-state index in [2.05, 4.69) is 55.2 Å². The smallest absolute Gasteiger partial charge is 0.253 e. The average molecular weight is 403 g/mol. The first-order valence-electron chi connectivity index (χ1n) is 8.49. The van der Waals surface area contributed by atoms with Gasteiger partial charge in [-0.15, -0.1) is 0 Å². The van der Waals surface area contributed by atoms with Crippen molar-refractivity contribution in [2.45, 2.75) is 6.04 Å². The summed E-state index contributed by atoms with van der Waals surface area (Å²) in [6.45, 7) is 4.98. The number of piperazine rings is 1. The fraction of sp³-hybridized carbons (Fsp3) is 0.368. The summed E-state index contributed by atoms with van der Waals surface area (Å²) in [5.41, 5.74) is 1.69. The Morgan fingerprint density at radius 3 is 2.60 bits per heavy atom. The topological polar surface area (TPSA) is 48.5 Å². The Balaban J connectivity index is 1.73. The molecule has 0 radical (unpaired) electrons. The lowest BCUT2D eigenvalue weighted by Crippen LogP contribution is -2.47. The number of likely N-dealkylation sites (N-methyl/N-ethyl adjacent to an activating group) is 1. The molecule has 0 aliphatic carbocycles. The summed E-state index contributed by atoms with van der Waals surface area (Å²) in [6, 6.07) is 11.9. The van der Waals surface area contributed by atoms with Gasteiger partial charge in [0, 0.05) is 49.6 Å². The van der Waals surface area contributed by atoms with Gasteiger partial charge in [-0.25, -0.2) is 0 Å². The van der Waals surface area contributed by atoms with E-state index in [1.54, 1.807) is 18.5 Å². The summed E-state index contributed by atoms with van der Waals surface area (Å²) in [5, 5.41) is 3.18. The second kappa shape index (κ2) is 8.56. The van der Waals surface area contributed by atoms with Crippen molar-refractivity contribution < 1.29 is 4.79 Å². The summed E-state index contributed by atoms with van der Waals surface area (Å²) in [7, 11) is 2.15. The Labute approximate surface area is 157 Å². The molecular formula is C19H23BrN4O. The number of carbonyl (C=O) groups excluding carboxylic acids is 1. The summed E-state index contributed by atoms with van der Waals surface area (Å²) < 4.78 is 0.801. The molecule has 1 aromatic carbocycles. The normalized spacial score (nSPS) is 17.2. The van der Waals surface area contributed by atoms with Crippen molar-refractivity contribution in [1.29, 1.82) is 0 Å². The number of nitrogens with one attached hydrogen (secondary N) is 1. The minimum Gasteiger partial charge on any atom is -0.344 e. The third kappa shape index (κ3) is 5.11. The van der Waals surface area contributed by atoms with Gasteiger partial charge in [0.2, 0.25) is 0 Å². The van der Waals surface area contributed by atoms with Gasteiger partial charge in [-0.05, 0) is 34.6 Å². The second-order valence-electron chi connectivity index (χ2n) is 6.43. The molecule has 1 amide bonds. The predicted molar refractivity (Wildman–Crippen MR) is 103 cm³/mol. The molecule has 1 aliphatic heterocycles. The molecule has 5 nitrogen and oxygen atoms in total. The van der Waals surface area contributed by atoms with E-state index in [9.17, 15) is 4.79 Å². The summed E-state index contributed by atoms with van der Waals surface area (Å²) in [6.07, 6.45) is 3.27. The molecule has 0 bridgehead atoms. The van der Waals surface area contributed by atoms with Crippen molar-refractivity contribution in [2.75, 3.05) is 39.8 Å². The highest BCUT2D eigenvalue weighted by Crippen LogP contribution is 2.17. The van der Waals surface area contributed by atoms with E-state index in [-0.39, 0.29) is 11.9 Å². The number of nitrogens with zero attached hydrogens (tertiary/aromatic N) is 3. The van der Waals surface area contributed by atoms with Gasteiger partial charge in [0.1, 0.15) is 0 Å². The lowest BCUT2D eigenvalue weighted by molar-refractivity contribution is 0.0907. The Morgan fingerprint density at radius 1 is 1.20 bits per heavy atom. The number of rotatable bonds is 5. The van der Waals surface area contributed by atoms with Crippen LogP contribution in [-0.4, -0.2) is 60.5 Å². The van der Waals surface area contributed by atoms with E-state index in [0.717, 1.165) is 42.8 Å². The van der Waals surface area contributed by atoms with Crippen molar-refractivity contribution in [3.63, 3.8) is 0 Å². The molecule has 1 fully saturated rings. The molecule has 1 unspecified atom stereocenters. The van der Waals surface area contributed by atoms with Gasteiger partial charge in [0.05, 0.1) is 11.6 Å². The van der Waals surface area contributed by atoms with Crippen LogP contribution in [0.3, 0.4) is 0 Å². The summed E-state index contributed by atoms with van der Waals surface area (Å²) >= 11 is 3.37. The van der Waals surface area contributed by atoms with E-state index in [0.29, 0.717) is 5.56 Å². The van der Waals surface area contributed by atoms with Crippen molar-refractivity contribution in [2.24, 2.45) is 0 Å². The van der Waals surface area contributed by atoms with Crippen LogP contribution >= 0.6 is 15.9 Å². The highest BCUT2D eigenvalue weighted by atomic mass is 79.9. The van der Waals surface area contributed by atoms with E-state index in [1.807, 2.05) is 18.2 Å². The van der Waals surface area contributed by atoms with E-state index in [1.165, 1.54) is 0 Å². The Kier molecular flexibility index (Phi) is 6.18. The zero-order valence-corrected chi connectivity index (χ0v) is 15.9. The number of hydrogen-bond acceptors (Lipinski definition) is 4. The Bertz CT molecular complexity index is 702. The van der Waals surface area contributed by atoms with Crippen LogP contribution in [-0.2, 0) is 0 Å². The maximum absolute atomic E-state index is 12.7. The first-order valence-corrected chi connectivity index (χ1v) is 9.28. The van der Waals surface area contributed by atoms with Crippen molar-refractivity contribution in [1.82, 2.24) is 20.1 Å². The van der Waals surface area contributed by atoms with Gasteiger partial charge in [-0.2, -0.15) is 0 Å². The van der Waals surface area contributed by atoms with Gasteiger partial charge < -0.3 is 10.2 Å². The van der Waals surface area contributed by atoms with Crippen LogP contribution in [0.25, 0.3) is 0 Å². The zero-order valence-electron chi connectivity index (χ0n) is 14.4. The van der Waals surface area contributed by atoms with Crippen molar-refractivity contribution in [3.05, 3.63) is 64.4 Å². The van der Waals surface area contributed by atoms with Gasteiger partial charge >= 0.3 is 0 Å². The number of hydrogen-bond donors (Lipinski definition) is 1. The molecule has 1 N–H and O–H groups in total. The minimum atomic E-state index is -0.100. The predicted octanol–water partition coefficient (Wildman–Crippen LogP) is 2.56. The molecule has 6 heteroatoms. The number of halogens is 1. The maximum atomic E-state index is 12.7. The van der Waals surface area contributed by atoms with Crippen LogP contribution in [0.15, 0.2) is 53.3 Å². The molecule has 0 saturated carbocycles. The lowest BCUT2D eigenvalue weighted by Gasteiger charge is -2.35. The minimum absolute atomic E-state index is 0.0453. The molecule has 2 aromatic rings. The lowest BCUT2D eigenvalue weighted by atomic mass is 10.1. The monoisotopic (exact) mass is 402 g/mol. The number of amides is 1. The standard InChI is InChI=1S/C19H23BrN4O/c1-23-7-9-24(10-8-23)14-18(15-5-3-2-4-6-15)22-19(25)16-11-17(20)13-21-12-16/h2-6,11-13,18H,7-10,14H2,1H3,(H,22,25). The molecule has 25 heavy (non-hydrogen) atoms. The third-order valence-electron chi connectivity index (χ3n) is 4.51. The molecule has 0 spiro atoms. The zero-order chi connectivity index (χ0) is 17.6. The molecular weight excluding hydrogens is 380 g/mol. The first-order chi connectivity index (χ1) is 12.1. The quantitative estimate of drug-likeness (QED) is 0.834. The number of carbonyl (C=O) groups is 1. The van der Waals surface area contributed by atoms with Gasteiger partial charge in [-0.1, -0.05) is 30.3 Å². The molecule has 2 heterocycles. The molecule has 1 aromatic heterocycles. The van der Waals surface area contributed by atoms with Crippen molar-refractivity contribution >= 4 is 21.8 Å². The highest BCUT2D eigenvalue weighted by molar-refractivity contribution is 9.10. The molecule has 1 saturated heterocycles. The SMILES string of the molecule is CN1CCN(CC(NC(=O)c2cncc(Br)c2)c2ccccc2)CC1. The molecule has 3 rings (SSSR count). The van der Waals surface area contributed by atoms with Gasteiger partial charge in [-0.3, -0.25) is 14.7 Å². The largest absolute Gasteiger partial charge is 0.344 e. The van der Waals surface area contributed by atoms with Gasteiger partial charge in [0.25, 0.3) is 5.91 Å². The average Bonchev–Trinajstić information content (AvgIpc) is 2.63. The first kappa shape index (κ1) is 18.0. The molecule has 1 aliphatic rings. The fourth-order valence-electron chi connectivity index (χ4n) is 2.99. The Morgan fingerprint density at radius 2 is 1.92 bits per heavy atom. The van der Waals surface area contributed by atoms with Crippen molar-refractivity contribution in [3.8, 4) is 0 Å². The Hall–Kier alpha value is -1.76. The van der Waals surface area contributed by atoms with Crippen LogP contribution in [0.2, 0.25) is 0 Å². The van der Waals surface area contributed by atoms with Crippen LogP contribution < -0.4 is 5.32 Å². The van der Waals surface area contributed by atoms with Crippen LogP contribution in [0, 0.1) is 0 Å². The number of aromatic nitrogens is 1. The summed E-state index contributed by atoms with van der Waals surface area (Å²) in [5.74, 6) is -0.100. The van der Waals surface area contributed by atoms with Crippen LogP contribution in [0.5, 0.6) is 0 Å². The van der Waals surface area contributed by atoms with E-state index in [4.69, 9.17) is 0 Å². The van der Waals surface area contributed by atoms with E-state index >= 15 is 0 Å². The van der Waals surface area contributed by atoms with E-state index < -0.39 is 0 Å². The molecule has 132 valence electrons. The highest BCUT2D eigenvalue weighted by Gasteiger charge is 2.21. The summed E-state index contributed by atoms with van der Waals surface area (Å²) in [4.78, 5) is 21.5. The van der Waals surface area contributed by atoms with Crippen LogP contribution in [0.4, 0.5) is 0 Å². The third-order valence-corrected chi connectivity index (χ3v) is 4.94. The van der Waals surface area contributed by atoms with Gasteiger partial charge in [0.15, 0.2) is 0 Å². The molecule has 1 atom stereocenters. The number of pyridine rings is 1.